The van der Waals surface area contributed by atoms with Crippen molar-refractivity contribution >= 4 is 40.2 Å². The predicted molar refractivity (Wildman–Crippen MR) is 105 cm³/mol. The second kappa shape index (κ2) is 7.39. The molecule has 0 fully saturated rings. The van der Waals surface area contributed by atoms with E-state index in [4.69, 9.17) is 27.6 Å². The van der Waals surface area contributed by atoms with Gasteiger partial charge in [0.2, 0.25) is 5.89 Å². The fraction of sp³-hybridized carbons (Fsp3) is 0.0500. The highest BCUT2D eigenvalue weighted by Crippen LogP contribution is 2.26. The summed E-state index contributed by atoms with van der Waals surface area (Å²) in [6.45, 7) is 0.408. The van der Waals surface area contributed by atoms with E-state index in [1.165, 1.54) is 0 Å². The molecule has 7 heteroatoms. The van der Waals surface area contributed by atoms with Crippen molar-refractivity contribution in [2.45, 2.75) is 6.54 Å². The minimum atomic E-state index is -0.197. The van der Waals surface area contributed by atoms with Crippen molar-refractivity contribution in [1.29, 1.82) is 0 Å². The topological polar surface area (TPSA) is 68.0 Å². The summed E-state index contributed by atoms with van der Waals surface area (Å²) in [6.07, 6.45) is 1.59. The summed E-state index contributed by atoms with van der Waals surface area (Å²) >= 11 is 11.8. The number of nitrogens with zero attached hydrogens (tertiary/aromatic N) is 2. The van der Waals surface area contributed by atoms with Crippen LogP contribution in [-0.4, -0.2) is 15.9 Å². The monoisotopic (exact) mass is 397 g/mol. The summed E-state index contributed by atoms with van der Waals surface area (Å²) in [5.41, 5.74) is 3.36. The van der Waals surface area contributed by atoms with Crippen molar-refractivity contribution in [3.8, 4) is 11.5 Å². The average molecular weight is 398 g/mol. The summed E-state index contributed by atoms with van der Waals surface area (Å²) in [5.74, 6) is 0.227. The van der Waals surface area contributed by atoms with E-state index in [1.807, 2.05) is 12.1 Å². The first kappa shape index (κ1) is 17.5. The van der Waals surface area contributed by atoms with Gasteiger partial charge < -0.3 is 9.73 Å². The molecule has 0 saturated heterocycles. The molecule has 0 saturated carbocycles. The van der Waals surface area contributed by atoms with Gasteiger partial charge in [0, 0.05) is 28.9 Å². The third-order valence-corrected chi connectivity index (χ3v) is 4.45. The zero-order chi connectivity index (χ0) is 18.8. The molecule has 0 aliphatic rings. The number of nitrogens with one attached hydrogen (secondary N) is 1. The van der Waals surface area contributed by atoms with Gasteiger partial charge in [0.25, 0.3) is 5.91 Å². The Morgan fingerprint density at radius 1 is 1.04 bits per heavy atom. The van der Waals surface area contributed by atoms with Gasteiger partial charge in [0.15, 0.2) is 5.58 Å². The van der Waals surface area contributed by atoms with Crippen molar-refractivity contribution in [3.63, 3.8) is 0 Å². The molecule has 2 aromatic heterocycles. The number of pyridine rings is 1. The molecule has 2 heterocycles. The lowest BCUT2D eigenvalue weighted by atomic mass is 10.2. The van der Waals surface area contributed by atoms with E-state index in [1.54, 1.807) is 48.7 Å². The third-order valence-electron chi connectivity index (χ3n) is 3.99. The number of carbonyl (C=O) groups is 1. The Morgan fingerprint density at radius 3 is 2.63 bits per heavy atom. The number of fused-ring (bicyclic) bond motifs is 1. The van der Waals surface area contributed by atoms with Gasteiger partial charge in [0.1, 0.15) is 10.7 Å². The number of aromatic nitrogens is 2. The fourth-order valence-electron chi connectivity index (χ4n) is 2.61. The Labute approximate surface area is 165 Å². The SMILES string of the molecule is O=C(NCc1ccc(Cl)cc1)c1ccc2nc(-c3ccnc(Cl)c3)oc2c1. The summed E-state index contributed by atoms with van der Waals surface area (Å²) in [7, 11) is 0. The van der Waals surface area contributed by atoms with Crippen LogP contribution in [0.15, 0.2) is 65.2 Å². The van der Waals surface area contributed by atoms with Crippen LogP contribution in [0.1, 0.15) is 15.9 Å². The van der Waals surface area contributed by atoms with E-state index in [-0.39, 0.29) is 5.91 Å². The molecule has 0 atom stereocenters. The van der Waals surface area contributed by atoms with Gasteiger partial charge >= 0.3 is 0 Å². The van der Waals surface area contributed by atoms with Crippen LogP contribution in [0.3, 0.4) is 0 Å². The van der Waals surface area contributed by atoms with Crippen LogP contribution in [0.4, 0.5) is 0 Å². The Bertz CT molecular complexity index is 1120. The normalized spacial score (nSPS) is 10.9. The van der Waals surface area contributed by atoms with Gasteiger partial charge in [-0.1, -0.05) is 35.3 Å². The Kier molecular flexibility index (Phi) is 4.79. The van der Waals surface area contributed by atoms with E-state index in [0.717, 1.165) is 11.1 Å². The van der Waals surface area contributed by atoms with E-state index < -0.39 is 0 Å². The van der Waals surface area contributed by atoms with Crippen LogP contribution in [0.25, 0.3) is 22.6 Å². The standard InChI is InChI=1S/C20H13Cl2N3O2/c21-15-4-1-12(2-5-15)11-24-19(26)13-3-6-16-17(9-13)27-20(25-16)14-7-8-23-18(22)10-14/h1-10H,11H2,(H,24,26). The molecule has 27 heavy (non-hydrogen) atoms. The van der Waals surface area contributed by atoms with Gasteiger partial charge in [-0.3, -0.25) is 4.79 Å². The smallest absolute Gasteiger partial charge is 0.251 e. The summed E-state index contributed by atoms with van der Waals surface area (Å²) in [4.78, 5) is 20.8. The maximum Gasteiger partial charge on any atom is 0.251 e. The lowest BCUT2D eigenvalue weighted by molar-refractivity contribution is 0.0951. The van der Waals surface area contributed by atoms with Crippen LogP contribution in [-0.2, 0) is 6.54 Å². The van der Waals surface area contributed by atoms with Gasteiger partial charge in [0.05, 0.1) is 0 Å². The quantitative estimate of drug-likeness (QED) is 0.484. The Hall–Kier alpha value is -2.89. The summed E-state index contributed by atoms with van der Waals surface area (Å²) < 4.78 is 5.78. The van der Waals surface area contributed by atoms with Gasteiger partial charge in [-0.25, -0.2) is 9.97 Å². The largest absolute Gasteiger partial charge is 0.436 e. The van der Waals surface area contributed by atoms with Crippen LogP contribution in [0.2, 0.25) is 10.2 Å². The molecule has 1 amide bonds. The van der Waals surface area contributed by atoms with Crippen molar-refractivity contribution in [2.24, 2.45) is 0 Å². The molecule has 0 unspecified atom stereocenters. The van der Waals surface area contributed by atoms with Crippen molar-refractivity contribution in [1.82, 2.24) is 15.3 Å². The molecule has 2 aromatic carbocycles. The predicted octanol–water partition coefficient (Wildman–Crippen LogP) is 5.13. The Morgan fingerprint density at radius 2 is 1.85 bits per heavy atom. The number of rotatable bonds is 4. The number of hydrogen-bond acceptors (Lipinski definition) is 4. The molecule has 134 valence electrons. The molecule has 0 aliphatic heterocycles. The lowest BCUT2D eigenvalue weighted by Gasteiger charge is -2.05. The van der Waals surface area contributed by atoms with Crippen LogP contribution in [0, 0.1) is 0 Å². The first-order valence-corrected chi connectivity index (χ1v) is 8.89. The maximum atomic E-state index is 12.4. The molecular weight excluding hydrogens is 385 g/mol. The molecule has 1 N–H and O–H groups in total. The number of benzene rings is 2. The maximum absolute atomic E-state index is 12.4. The molecular formula is C20H13Cl2N3O2. The zero-order valence-electron chi connectivity index (χ0n) is 13.9. The third kappa shape index (κ3) is 3.94. The van der Waals surface area contributed by atoms with Crippen molar-refractivity contribution in [2.75, 3.05) is 0 Å². The highest BCUT2D eigenvalue weighted by atomic mass is 35.5. The number of oxazole rings is 1. The van der Waals surface area contributed by atoms with E-state index in [2.05, 4.69) is 15.3 Å². The number of amides is 1. The molecule has 4 aromatic rings. The number of halogens is 2. The van der Waals surface area contributed by atoms with Crippen molar-refractivity contribution in [3.05, 3.63) is 82.1 Å². The minimum Gasteiger partial charge on any atom is -0.436 e. The van der Waals surface area contributed by atoms with Gasteiger partial charge in [-0.2, -0.15) is 0 Å². The summed E-state index contributed by atoms with van der Waals surface area (Å²) in [6, 6.07) is 15.9. The van der Waals surface area contributed by atoms with Gasteiger partial charge in [-0.15, -0.1) is 0 Å². The zero-order valence-corrected chi connectivity index (χ0v) is 15.5. The fourth-order valence-corrected chi connectivity index (χ4v) is 2.91. The molecule has 0 aliphatic carbocycles. The Balaban J connectivity index is 1.54. The summed E-state index contributed by atoms with van der Waals surface area (Å²) in [5, 5.41) is 3.89. The molecule has 4 rings (SSSR count). The first-order valence-electron chi connectivity index (χ1n) is 8.14. The van der Waals surface area contributed by atoms with Crippen molar-refractivity contribution < 1.29 is 9.21 Å². The van der Waals surface area contributed by atoms with Gasteiger partial charge in [-0.05, 0) is 48.0 Å². The van der Waals surface area contributed by atoms with Crippen LogP contribution in [0.5, 0.6) is 0 Å². The van der Waals surface area contributed by atoms with Crippen LogP contribution >= 0.6 is 23.2 Å². The average Bonchev–Trinajstić information content (AvgIpc) is 3.11. The molecule has 0 radical (unpaired) electrons. The first-order chi connectivity index (χ1) is 13.1. The second-order valence-electron chi connectivity index (χ2n) is 5.88. The molecule has 5 nitrogen and oxygen atoms in total. The van der Waals surface area contributed by atoms with E-state index in [9.17, 15) is 4.79 Å². The van der Waals surface area contributed by atoms with Crippen LogP contribution < -0.4 is 5.32 Å². The minimum absolute atomic E-state index is 0.197. The van der Waals surface area contributed by atoms with E-state index >= 15 is 0 Å². The lowest BCUT2D eigenvalue weighted by Crippen LogP contribution is -2.22. The number of carbonyl (C=O) groups excluding carboxylic acids is 1. The molecule has 0 bridgehead atoms. The second-order valence-corrected chi connectivity index (χ2v) is 6.70. The number of hydrogen-bond donors (Lipinski definition) is 1. The highest BCUT2D eigenvalue weighted by Gasteiger charge is 2.12. The highest BCUT2D eigenvalue weighted by molar-refractivity contribution is 6.30. The van der Waals surface area contributed by atoms with E-state index in [0.29, 0.717) is 39.3 Å². The molecule has 0 spiro atoms.